The maximum atomic E-state index is 13.1. The third-order valence-corrected chi connectivity index (χ3v) is 6.16. The lowest BCUT2D eigenvalue weighted by Crippen LogP contribution is -2.41. The average molecular weight is 400 g/mol. The van der Waals surface area contributed by atoms with Crippen molar-refractivity contribution in [1.29, 1.82) is 0 Å². The van der Waals surface area contributed by atoms with E-state index in [1.807, 2.05) is 27.7 Å². The van der Waals surface area contributed by atoms with Gasteiger partial charge in [-0.25, -0.2) is 8.42 Å². The molecule has 7 nitrogen and oxygen atoms in total. The second kappa shape index (κ2) is 9.30. The Morgan fingerprint density at radius 3 is 2.00 bits per heavy atom. The van der Waals surface area contributed by atoms with Crippen LogP contribution in [0.2, 0.25) is 0 Å². The standard InChI is InChI=1S/C19H29NO6S/c1-5-20(15-9-10-27(22,23)13-15)19(21)14-11-16(24-6-2)18(26-8-4)17(12-14)25-7-3/h11-12,15H,5-10,13H2,1-4H3. The molecule has 1 heterocycles. The zero-order valence-corrected chi connectivity index (χ0v) is 17.3. The van der Waals surface area contributed by atoms with Gasteiger partial charge in [-0.05, 0) is 46.2 Å². The van der Waals surface area contributed by atoms with Gasteiger partial charge < -0.3 is 19.1 Å². The molecule has 152 valence electrons. The van der Waals surface area contributed by atoms with Gasteiger partial charge in [-0.3, -0.25) is 4.79 Å². The van der Waals surface area contributed by atoms with E-state index >= 15 is 0 Å². The van der Waals surface area contributed by atoms with Crippen LogP contribution in [0.3, 0.4) is 0 Å². The highest BCUT2D eigenvalue weighted by Gasteiger charge is 2.34. The second-order valence-corrected chi connectivity index (χ2v) is 8.48. The van der Waals surface area contributed by atoms with E-state index in [4.69, 9.17) is 14.2 Å². The molecule has 1 fully saturated rings. The molecule has 1 aliphatic heterocycles. The molecule has 0 aliphatic carbocycles. The van der Waals surface area contributed by atoms with Crippen molar-refractivity contribution in [3.8, 4) is 17.2 Å². The Bertz CT molecular complexity index is 734. The fourth-order valence-corrected chi connectivity index (χ4v) is 5.00. The first-order valence-corrected chi connectivity index (χ1v) is 11.3. The smallest absolute Gasteiger partial charge is 0.254 e. The van der Waals surface area contributed by atoms with Gasteiger partial charge in [-0.15, -0.1) is 0 Å². The van der Waals surface area contributed by atoms with Gasteiger partial charge in [0.15, 0.2) is 21.3 Å². The lowest BCUT2D eigenvalue weighted by Gasteiger charge is -2.27. The third kappa shape index (κ3) is 5.06. The van der Waals surface area contributed by atoms with Crippen LogP contribution in [0, 0.1) is 0 Å². The van der Waals surface area contributed by atoms with Gasteiger partial charge in [0.2, 0.25) is 5.75 Å². The fraction of sp³-hybridized carbons (Fsp3) is 0.632. The summed E-state index contributed by atoms with van der Waals surface area (Å²) < 4.78 is 40.6. The number of ether oxygens (including phenoxy) is 3. The molecule has 8 heteroatoms. The summed E-state index contributed by atoms with van der Waals surface area (Å²) in [6.45, 7) is 9.13. The molecular weight excluding hydrogens is 370 g/mol. The molecule has 1 saturated heterocycles. The Balaban J connectivity index is 2.41. The van der Waals surface area contributed by atoms with Crippen molar-refractivity contribution in [3.63, 3.8) is 0 Å². The van der Waals surface area contributed by atoms with E-state index in [1.54, 1.807) is 17.0 Å². The number of carbonyl (C=O) groups is 1. The van der Waals surface area contributed by atoms with Crippen molar-refractivity contribution >= 4 is 15.7 Å². The first kappa shape index (κ1) is 21.3. The molecule has 2 rings (SSSR count). The van der Waals surface area contributed by atoms with E-state index in [1.165, 1.54) is 0 Å². The Morgan fingerprint density at radius 2 is 1.59 bits per heavy atom. The van der Waals surface area contributed by atoms with Crippen LogP contribution in [0.15, 0.2) is 12.1 Å². The summed E-state index contributed by atoms with van der Waals surface area (Å²) in [5, 5.41) is 0. The van der Waals surface area contributed by atoms with Crippen LogP contribution in [-0.2, 0) is 9.84 Å². The summed E-state index contributed by atoms with van der Waals surface area (Å²) in [5.74, 6) is 1.28. The van der Waals surface area contributed by atoms with Gasteiger partial charge in [-0.2, -0.15) is 0 Å². The monoisotopic (exact) mass is 399 g/mol. The number of benzene rings is 1. The van der Waals surface area contributed by atoms with E-state index in [9.17, 15) is 13.2 Å². The highest BCUT2D eigenvalue weighted by Crippen LogP contribution is 2.39. The van der Waals surface area contributed by atoms with Crippen molar-refractivity contribution in [1.82, 2.24) is 4.90 Å². The van der Waals surface area contributed by atoms with Gasteiger partial charge in [-0.1, -0.05) is 0 Å². The molecular formula is C19H29NO6S. The lowest BCUT2D eigenvalue weighted by atomic mass is 10.1. The van der Waals surface area contributed by atoms with Gasteiger partial charge >= 0.3 is 0 Å². The largest absolute Gasteiger partial charge is 0.490 e. The molecule has 1 atom stereocenters. The van der Waals surface area contributed by atoms with Gasteiger partial charge in [0.25, 0.3) is 5.91 Å². The summed E-state index contributed by atoms with van der Waals surface area (Å²) in [4.78, 5) is 14.8. The van der Waals surface area contributed by atoms with Crippen LogP contribution >= 0.6 is 0 Å². The van der Waals surface area contributed by atoms with E-state index < -0.39 is 9.84 Å². The number of carbonyl (C=O) groups excluding carboxylic acids is 1. The molecule has 27 heavy (non-hydrogen) atoms. The van der Waals surface area contributed by atoms with Crippen molar-refractivity contribution < 1.29 is 27.4 Å². The Labute approximate surface area is 161 Å². The lowest BCUT2D eigenvalue weighted by molar-refractivity contribution is 0.0707. The molecule has 0 saturated carbocycles. The summed E-state index contributed by atoms with van der Waals surface area (Å²) >= 11 is 0. The SMILES string of the molecule is CCOc1cc(C(=O)N(CC)C2CCS(=O)(=O)C2)cc(OCC)c1OCC. The molecule has 0 aromatic heterocycles. The van der Waals surface area contributed by atoms with E-state index in [2.05, 4.69) is 0 Å². The molecule has 1 amide bonds. The van der Waals surface area contributed by atoms with Gasteiger partial charge in [0.05, 0.1) is 31.3 Å². The number of amides is 1. The zero-order valence-electron chi connectivity index (χ0n) is 16.5. The summed E-state index contributed by atoms with van der Waals surface area (Å²) in [6, 6.07) is 2.99. The quantitative estimate of drug-likeness (QED) is 0.635. The normalized spacial score (nSPS) is 18.1. The van der Waals surface area contributed by atoms with Crippen molar-refractivity contribution in [3.05, 3.63) is 17.7 Å². The minimum atomic E-state index is -3.08. The topological polar surface area (TPSA) is 82.1 Å². The maximum absolute atomic E-state index is 13.1. The minimum absolute atomic E-state index is 0.0141. The van der Waals surface area contributed by atoms with E-state index in [0.717, 1.165) is 0 Å². The maximum Gasteiger partial charge on any atom is 0.254 e. The summed E-state index contributed by atoms with van der Waals surface area (Å²) in [7, 11) is -3.08. The van der Waals surface area contributed by atoms with Crippen molar-refractivity contribution in [2.24, 2.45) is 0 Å². The minimum Gasteiger partial charge on any atom is -0.490 e. The highest BCUT2D eigenvalue weighted by molar-refractivity contribution is 7.91. The van der Waals surface area contributed by atoms with Crippen LogP contribution in [-0.4, -0.2) is 63.1 Å². The molecule has 1 aliphatic rings. The average Bonchev–Trinajstić information content (AvgIpc) is 2.98. The Hall–Kier alpha value is -1.96. The fourth-order valence-electron chi connectivity index (χ4n) is 3.27. The van der Waals surface area contributed by atoms with Crippen LogP contribution in [0.5, 0.6) is 17.2 Å². The van der Waals surface area contributed by atoms with E-state index in [-0.39, 0.29) is 23.5 Å². The summed E-state index contributed by atoms with van der Waals surface area (Å²) in [6.07, 6.45) is 0.468. The predicted octanol–water partition coefficient (Wildman–Crippen LogP) is 2.53. The first-order chi connectivity index (χ1) is 12.9. The Morgan fingerprint density at radius 1 is 1.04 bits per heavy atom. The van der Waals surface area contributed by atoms with Crippen LogP contribution in [0.4, 0.5) is 0 Å². The van der Waals surface area contributed by atoms with Crippen LogP contribution in [0.25, 0.3) is 0 Å². The van der Waals surface area contributed by atoms with Crippen molar-refractivity contribution in [2.75, 3.05) is 37.9 Å². The number of nitrogens with zero attached hydrogens (tertiary/aromatic N) is 1. The number of hydrogen-bond acceptors (Lipinski definition) is 6. The molecule has 0 N–H and O–H groups in total. The zero-order chi connectivity index (χ0) is 20.0. The summed E-state index contributed by atoms with van der Waals surface area (Å²) in [5.41, 5.74) is 0.400. The van der Waals surface area contributed by atoms with Crippen molar-refractivity contribution in [2.45, 2.75) is 40.2 Å². The predicted molar refractivity (Wildman–Crippen MR) is 104 cm³/mol. The molecule has 0 radical (unpaired) electrons. The van der Waals surface area contributed by atoms with Crippen LogP contribution in [0.1, 0.15) is 44.5 Å². The molecule has 0 bridgehead atoms. The Kier molecular flexibility index (Phi) is 7.35. The van der Waals surface area contributed by atoms with E-state index in [0.29, 0.717) is 55.6 Å². The third-order valence-electron chi connectivity index (χ3n) is 4.41. The van der Waals surface area contributed by atoms with Gasteiger partial charge in [0, 0.05) is 18.2 Å². The van der Waals surface area contributed by atoms with Crippen LogP contribution < -0.4 is 14.2 Å². The highest BCUT2D eigenvalue weighted by atomic mass is 32.2. The van der Waals surface area contributed by atoms with Gasteiger partial charge in [0.1, 0.15) is 0 Å². The number of hydrogen-bond donors (Lipinski definition) is 0. The first-order valence-electron chi connectivity index (χ1n) is 9.44. The number of sulfone groups is 1. The molecule has 1 unspecified atom stereocenters. The molecule has 1 aromatic carbocycles. The second-order valence-electron chi connectivity index (χ2n) is 6.25. The molecule has 0 spiro atoms. The molecule has 1 aromatic rings. The number of rotatable bonds is 9.